The van der Waals surface area contributed by atoms with Crippen LogP contribution in [0.25, 0.3) is 11.5 Å². The second kappa shape index (κ2) is 13.7. The molecule has 2 aliphatic heterocycles. The average molecular weight is 705 g/mol. The van der Waals surface area contributed by atoms with Gasteiger partial charge in [0.05, 0.1) is 11.4 Å². The van der Waals surface area contributed by atoms with Crippen LogP contribution in [-0.2, 0) is 11.2 Å². The normalized spacial score (nSPS) is 17.2. The third-order valence-corrected chi connectivity index (χ3v) is 8.14. The summed E-state index contributed by atoms with van der Waals surface area (Å²) in [6.45, 7) is 22.3. The Labute approximate surface area is 300 Å². The molecule has 1 unspecified atom stereocenters. The van der Waals surface area contributed by atoms with E-state index in [1.54, 1.807) is 11.0 Å². The van der Waals surface area contributed by atoms with Gasteiger partial charge in [0, 0.05) is 66.1 Å². The zero-order valence-electron chi connectivity index (χ0n) is 31.7. The topological polar surface area (TPSA) is 148 Å². The number of carbonyl (C=O) groups excluding carboxylic acids is 3. The van der Waals surface area contributed by atoms with E-state index in [4.69, 9.17) is 18.6 Å². The van der Waals surface area contributed by atoms with Crippen molar-refractivity contribution in [2.75, 3.05) is 22.9 Å². The Morgan fingerprint density at radius 2 is 1.75 bits per heavy atom. The predicted molar refractivity (Wildman–Crippen MR) is 195 cm³/mol. The zero-order valence-corrected chi connectivity index (χ0v) is 31.7. The van der Waals surface area contributed by atoms with Crippen molar-refractivity contribution in [1.29, 1.82) is 0 Å². The third kappa shape index (κ3) is 9.50. The first-order valence-corrected chi connectivity index (χ1v) is 17.4. The van der Waals surface area contributed by atoms with Gasteiger partial charge in [-0.3, -0.25) is 9.69 Å². The first kappa shape index (κ1) is 37.4. The van der Waals surface area contributed by atoms with Crippen molar-refractivity contribution in [2.24, 2.45) is 0 Å². The number of carbonyl (C=O) groups is 3. The van der Waals surface area contributed by atoms with Gasteiger partial charge in [0.1, 0.15) is 23.2 Å². The number of hydrogen-bond donors (Lipinski definition) is 2. The highest BCUT2D eigenvalue weighted by molar-refractivity contribution is 6.08. The minimum atomic E-state index is -0.684. The summed E-state index contributed by atoms with van der Waals surface area (Å²) in [5.74, 6) is 0.656. The van der Waals surface area contributed by atoms with Gasteiger partial charge in [-0.25, -0.2) is 19.6 Å². The molecule has 0 saturated carbocycles. The molecule has 13 heteroatoms. The van der Waals surface area contributed by atoms with E-state index in [1.165, 1.54) is 18.5 Å². The maximum Gasteiger partial charge on any atom is 0.414 e. The molecule has 1 saturated heterocycles. The number of hydrogen-bond acceptors (Lipinski definition) is 10. The van der Waals surface area contributed by atoms with Crippen molar-refractivity contribution < 1.29 is 33.0 Å². The number of rotatable bonds is 6. The molecule has 1 fully saturated rings. The second-order valence-electron chi connectivity index (χ2n) is 16.9. The van der Waals surface area contributed by atoms with Crippen LogP contribution in [0.4, 0.5) is 21.0 Å². The first-order valence-electron chi connectivity index (χ1n) is 17.4. The predicted octanol–water partition coefficient (Wildman–Crippen LogP) is 7.28. The van der Waals surface area contributed by atoms with Gasteiger partial charge in [0.25, 0.3) is 5.91 Å². The number of ether oxygens (including phenoxy) is 3. The lowest BCUT2D eigenvalue weighted by Crippen LogP contribution is -2.50. The Balaban J connectivity index is 1.47. The van der Waals surface area contributed by atoms with Gasteiger partial charge in [0.2, 0.25) is 11.8 Å². The van der Waals surface area contributed by atoms with Crippen molar-refractivity contribution in [3.63, 3.8) is 0 Å². The Kier molecular flexibility index (Phi) is 10.1. The fourth-order valence-corrected chi connectivity index (χ4v) is 6.27. The summed E-state index contributed by atoms with van der Waals surface area (Å²) in [5.41, 5.74) is 0.936. The number of anilines is 2. The number of oxazole rings is 1. The van der Waals surface area contributed by atoms with Crippen LogP contribution in [-0.4, -0.2) is 69.5 Å². The lowest BCUT2D eigenvalue weighted by Gasteiger charge is -2.41. The number of pyridine rings is 1. The molecule has 1 atom stereocenters. The van der Waals surface area contributed by atoms with Gasteiger partial charge < -0.3 is 34.2 Å². The van der Waals surface area contributed by atoms with E-state index in [0.717, 1.165) is 36.4 Å². The van der Waals surface area contributed by atoms with Crippen molar-refractivity contribution >= 4 is 29.5 Å². The van der Waals surface area contributed by atoms with Gasteiger partial charge in [-0.15, -0.1) is 0 Å². The van der Waals surface area contributed by atoms with Crippen molar-refractivity contribution in [3.05, 3.63) is 48.0 Å². The molecule has 2 aliphatic rings. The highest BCUT2D eigenvalue weighted by Gasteiger charge is 2.38. The number of aromatic nitrogens is 2. The largest absolute Gasteiger partial charge is 0.487 e. The van der Waals surface area contributed by atoms with Crippen LogP contribution in [0.3, 0.4) is 0 Å². The molecule has 5 rings (SSSR count). The summed E-state index contributed by atoms with van der Waals surface area (Å²) in [7, 11) is 0. The number of nitrogens with zero attached hydrogens (tertiary/aromatic N) is 4. The molecule has 51 heavy (non-hydrogen) atoms. The maximum absolute atomic E-state index is 14.6. The molecule has 0 radical (unpaired) electrons. The quantitative estimate of drug-likeness (QED) is 0.268. The smallest absolute Gasteiger partial charge is 0.414 e. The van der Waals surface area contributed by atoms with E-state index in [1.807, 2.05) is 88.3 Å². The molecule has 0 bridgehead atoms. The molecule has 0 spiro atoms. The second-order valence-corrected chi connectivity index (χ2v) is 16.9. The minimum Gasteiger partial charge on any atom is -0.487 e. The molecule has 0 aliphatic carbocycles. The molecule has 4 heterocycles. The van der Waals surface area contributed by atoms with Crippen LogP contribution >= 0.6 is 0 Å². The fraction of sp³-hybridized carbons (Fsp3) is 0.553. The molecule has 1 aromatic carbocycles. The number of nitrogens with one attached hydrogen (secondary N) is 2. The van der Waals surface area contributed by atoms with Crippen LogP contribution < -0.4 is 29.9 Å². The zero-order chi connectivity index (χ0) is 37.5. The van der Waals surface area contributed by atoms with Crippen molar-refractivity contribution in [1.82, 2.24) is 20.6 Å². The van der Waals surface area contributed by atoms with Crippen LogP contribution in [0.15, 0.2) is 41.1 Å². The van der Waals surface area contributed by atoms with E-state index < -0.39 is 34.5 Å². The number of fused-ring (bicyclic) bond motifs is 1. The van der Waals surface area contributed by atoms with E-state index in [0.29, 0.717) is 24.2 Å². The average Bonchev–Trinajstić information content (AvgIpc) is 3.58. The standard InChI is InChI=1S/C38H52N6O7/c1-35(2,3)42-34(47)49-30-18-23(14-15-39-30)31-41-26(22-48-31)32(45)44(36(4,5)6)28-17-24-20-38(10,11)50-29(24)19-27(28)43-16-12-13-25(21-43)40-33(46)51-37(7,8)9/h14-15,17-19,22,25H,12-13,16,20-21H2,1-11H3,(H,40,46)(H,42,47). The van der Waals surface area contributed by atoms with E-state index in [-0.39, 0.29) is 29.4 Å². The molecular weight excluding hydrogens is 652 g/mol. The molecule has 3 amide bonds. The highest BCUT2D eigenvalue weighted by atomic mass is 16.6. The summed E-state index contributed by atoms with van der Waals surface area (Å²) < 4.78 is 23.1. The summed E-state index contributed by atoms with van der Waals surface area (Å²) in [6, 6.07) is 7.10. The summed E-state index contributed by atoms with van der Waals surface area (Å²) in [4.78, 5) is 52.3. The number of amides is 3. The SMILES string of the molecule is CC(C)(C)NC(=O)Oc1cc(-c2nc(C(=O)N(c3cc4c(cc3N3CCCC(NC(=O)OC(C)(C)C)C3)OC(C)(C)C4)C(C)(C)C)co2)ccn1. The molecule has 2 N–H and O–H groups in total. The number of benzene rings is 1. The fourth-order valence-electron chi connectivity index (χ4n) is 6.27. The summed E-state index contributed by atoms with van der Waals surface area (Å²) >= 11 is 0. The molecule has 3 aromatic rings. The maximum atomic E-state index is 14.6. The monoisotopic (exact) mass is 704 g/mol. The van der Waals surface area contributed by atoms with Crippen LogP contribution in [0, 0.1) is 0 Å². The van der Waals surface area contributed by atoms with Crippen molar-refractivity contribution in [3.8, 4) is 23.1 Å². The van der Waals surface area contributed by atoms with Crippen LogP contribution in [0.5, 0.6) is 11.6 Å². The van der Waals surface area contributed by atoms with Gasteiger partial charge in [-0.05, 0) is 101 Å². The van der Waals surface area contributed by atoms with Crippen LogP contribution in [0.1, 0.15) is 105 Å². The minimum absolute atomic E-state index is 0.0607. The molecule has 13 nitrogen and oxygen atoms in total. The highest BCUT2D eigenvalue weighted by Crippen LogP contribution is 2.45. The summed E-state index contributed by atoms with van der Waals surface area (Å²) in [5, 5.41) is 5.77. The Morgan fingerprint density at radius 3 is 2.41 bits per heavy atom. The van der Waals surface area contributed by atoms with Gasteiger partial charge in [0.15, 0.2) is 5.69 Å². The summed E-state index contributed by atoms with van der Waals surface area (Å²) in [6.07, 6.45) is 4.02. The van der Waals surface area contributed by atoms with Crippen LogP contribution in [0.2, 0.25) is 0 Å². The van der Waals surface area contributed by atoms with E-state index >= 15 is 0 Å². The van der Waals surface area contributed by atoms with E-state index in [9.17, 15) is 14.4 Å². The molecule has 2 aromatic heterocycles. The molecule has 276 valence electrons. The lowest BCUT2D eigenvalue weighted by molar-refractivity contribution is 0.0499. The Hall–Kier alpha value is -4.81. The van der Waals surface area contributed by atoms with Gasteiger partial charge >= 0.3 is 12.2 Å². The first-order chi connectivity index (χ1) is 23.6. The third-order valence-electron chi connectivity index (χ3n) is 8.14. The lowest BCUT2D eigenvalue weighted by atomic mass is 9.97. The van der Waals surface area contributed by atoms with Gasteiger partial charge in [-0.2, -0.15) is 0 Å². The molecular formula is C38H52N6O7. The number of piperidine rings is 1. The van der Waals surface area contributed by atoms with Crippen molar-refractivity contribution in [2.45, 2.75) is 124 Å². The Bertz CT molecular complexity index is 1780. The van der Waals surface area contributed by atoms with Gasteiger partial charge in [-0.1, -0.05) is 0 Å². The Morgan fingerprint density at radius 1 is 1.02 bits per heavy atom. The van der Waals surface area contributed by atoms with E-state index in [2.05, 4.69) is 25.5 Å². The number of alkyl carbamates (subject to hydrolysis) is 1.